The smallest absolute Gasteiger partial charge is 0.393 e. The van der Waals surface area contributed by atoms with Gasteiger partial charge in [-0.1, -0.05) is 6.58 Å². The monoisotopic (exact) mass is 866 g/mol. The Balaban J connectivity index is 4.31. The van der Waals surface area contributed by atoms with Crippen LogP contribution in [-0.4, -0.2) is 101 Å². The molecular formula is C20H5F31O2. The van der Waals surface area contributed by atoms with Crippen molar-refractivity contribution < 1.29 is 146 Å². The third-order valence-corrected chi connectivity index (χ3v) is 6.96. The molecule has 0 unspecified atom stereocenters. The maximum atomic E-state index is 14.8. The lowest BCUT2D eigenvalue weighted by Gasteiger charge is -2.49. The summed E-state index contributed by atoms with van der Waals surface area (Å²) in [5.74, 6) is -140. The molecule has 1 fully saturated rings. The first-order chi connectivity index (χ1) is 22.3. The molecule has 0 heterocycles. The van der Waals surface area contributed by atoms with Gasteiger partial charge in [0.25, 0.3) is 0 Å². The van der Waals surface area contributed by atoms with Gasteiger partial charge in [0, 0.05) is 5.57 Å². The van der Waals surface area contributed by atoms with E-state index in [1.807, 2.05) is 0 Å². The zero-order chi connectivity index (χ0) is 43.9. The first kappa shape index (κ1) is 48.1. The molecule has 0 spiro atoms. The van der Waals surface area contributed by atoms with Crippen LogP contribution in [0.1, 0.15) is 6.92 Å². The number of hydrogen-bond donors (Lipinski definition) is 0. The van der Waals surface area contributed by atoms with Crippen LogP contribution in [0.25, 0.3) is 0 Å². The van der Waals surface area contributed by atoms with Crippen LogP contribution >= 0.6 is 0 Å². The van der Waals surface area contributed by atoms with E-state index in [0.717, 1.165) is 0 Å². The normalized spacial score (nSPS) is 23.5. The van der Waals surface area contributed by atoms with Gasteiger partial charge in [-0.25, -0.2) is 9.18 Å². The largest absolute Gasteiger partial charge is 0.473 e. The van der Waals surface area contributed by atoms with Crippen molar-refractivity contribution in [1.82, 2.24) is 0 Å². The van der Waals surface area contributed by atoms with Crippen molar-refractivity contribution in [2.24, 2.45) is 0 Å². The minimum atomic E-state index is -10.5. The summed E-state index contributed by atoms with van der Waals surface area (Å²) in [4.78, 5) is 10.9. The third-order valence-electron chi connectivity index (χ3n) is 6.96. The fourth-order valence-corrected chi connectivity index (χ4v) is 3.66. The molecule has 0 radical (unpaired) electrons. The summed E-state index contributed by atoms with van der Waals surface area (Å²) in [5.41, 5.74) is -12.1. The van der Waals surface area contributed by atoms with Gasteiger partial charge in [0.2, 0.25) is 0 Å². The highest BCUT2D eigenvalue weighted by atomic mass is 19.4. The van der Waals surface area contributed by atoms with Gasteiger partial charge < -0.3 is 4.74 Å². The molecule has 0 amide bonds. The quantitative estimate of drug-likeness (QED) is 0.0895. The predicted molar refractivity (Wildman–Crippen MR) is 99.0 cm³/mol. The number of alkyl halides is 31. The van der Waals surface area contributed by atoms with Gasteiger partial charge in [-0.3, -0.25) is 0 Å². The van der Waals surface area contributed by atoms with E-state index in [1.54, 1.807) is 0 Å². The molecule has 53 heavy (non-hydrogen) atoms. The number of rotatable bonds is 11. The number of ether oxygens (including phenoxy) is 1. The number of esters is 1. The second-order valence-electron chi connectivity index (χ2n) is 10.4. The second-order valence-corrected chi connectivity index (χ2v) is 10.4. The molecule has 0 N–H and O–H groups in total. The van der Waals surface area contributed by atoms with Crippen molar-refractivity contribution in [3.05, 3.63) is 12.2 Å². The van der Waals surface area contributed by atoms with Gasteiger partial charge >= 0.3 is 101 Å². The summed E-state index contributed by atoms with van der Waals surface area (Å²) in [7, 11) is 0. The summed E-state index contributed by atoms with van der Waals surface area (Å²) >= 11 is 0. The summed E-state index contributed by atoms with van der Waals surface area (Å²) in [5, 5.41) is 0. The van der Waals surface area contributed by atoms with Gasteiger partial charge in [0.1, 0.15) is 0 Å². The van der Waals surface area contributed by atoms with E-state index in [1.165, 1.54) is 0 Å². The van der Waals surface area contributed by atoms with Gasteiger partial charge in [-0.15, -0.1) is 0 Å². The lowest BCUT2D eigenvalue weighted by Crippen LogP contribution is -2.82. The van der Waals surface area contributed by atoms with Gasteiger partial charge in [0.15, 0.2) is 0 Å². The minimum absolute atomic E-state index is 0.109. The van der Waals surface area contributed by atoms with Crippen LogP contribution in [-0.2, 0) is 9.53 Å². The SMILES string of the molecule is C=C(C)C(=O)OC(F)(F)C(F)(F)C(F)(F)C(F)(F)C(F)(F)C(F)(F)C(F)(F)C(F)(F)C(F)(F)C1(F)C(F)(F)C(F)(F)C(F)(F)C(F)(F)C(F)(F)C1(F)F. The molecule has 33 heteroatoms. The number of carbonyl (C=O) groups is 1. The molecule has 0 bridgehead atoms. The van der Waals surface area contributed by atoms with Crippen molar-refractivity contribution in [2.45, 2.75) is 102 Å². The first-order valence-electron chi connectivity index (χ1n) is 11.6. The highest BCUT2D eigenvalue weighted by molar-refractivity contribution is 5.87. The molecular weight excluding hydrogens is 861 g/mol. The highest BCUT2D eigenvalue weighted by Crippen LogP contribution is 2.75. The summed E-state index contributed by atoms with van der Waals surface area (Å²) in [6.45, 7) is 2.37. The third kappa shape index (κ3) is 4.82. The van der Waals surface area contributed by atoms with Crippen molar-refractivity contribution >= 4 is 5.97 Å². The van der Waals surface area contributed by atoms with Gasteiger partial charge in [-0.05, 0) is 6.92 Å². The molecule has 0 atom stereocenters. The maximum Gasteiger partial charge on any atom is 0.473 e. The first-order valence-corrected chi connectivity index (χ1v) is 11.6. The predicted octanol–water partition coefficient (Wildman–Crippen LogP) is 10.3. The van der Waals surface area contributed by atoms with Crippen molar-refractivity contribution in [1.29, 1.82) is 0 Å². The fourth-order valence-electron chi connectivity index (χ4n) is 3.66. The van der Waals surface area contributed by atoms with E-state index in [-0.39, 0.29) is 6.92 Å². The lowest BCUT2D eigenvalue weighted by atomic mass is 9.75. The standard InChI is InChI=1S/C20H5F31O2/c1-3(2)4(52)53-20(50,51)19(48,49)18(46,47)17(44,45)16(42,43)15(40,41)14(38,39)11(32,33)8(26,27)5(21)6(22,23)9(28,29)12(34,35)13(36,37)10(30,31)7(5,24)25/h1H2,2H3. The van der Waals surface area contributed by atoms with Crippen molar-refractivity contribution in [3.8, 4) is 0 Å². The Hall–Kier alpha value is -2.96. The number of carbonyl (C=O) groups excluding carboxylic acids is 1. The molecule has 0 aromatic carbocycles. The Morgan fingerprint density at radius 2 is 0.604 bits per heavy atom. The van der Waals surface area contributed by atoms with Crippen LogP contribution in [0.5, 0.6) is 0 Å². The van der Waals surface area contributed by atoms with Crippen molar-refractivity contribution in [3.63, 3.8) is 0 Å². The fraction of sp³-hybridized carbons (Fsp3) is 0.850. The van der Waals surface area contributed by atoms with Crippen molar-refractivity contribution in [2.75, 3.05) is 0 Å². The Morgan fingerprint density at radius 3 is 0.849 bits per heavy atom. The van der Waals surface area contributed by atoms with E-state index >= 15 is 0 Å². The molecule has 1 aliphatic carbocycles. The van der Waals surface area contributed by atoms with Crippen LogP contribution in [0.2, 0.25) is 0 Å². The molecule has 2 nitrogen and oxygen atoms in total. The molecule has 0 saturated heterocycles. The van der Waals surface area contributed by atoms with Crippen LogP contribution in [0.4, 0.5) is 136 Å². The molecule has 1 aliphatic rings. The van der Waals surface area contributed by atoms with Crippen LogP contribution < -0.4 is 0 Å². The molecule has 1 saturated carbocycles. The molecule has 0 aliphatic heterocycles. The van der Waals surface area contributed by atoms with E-state index < -0.39 is 106 Å². The maximum absolute atomic E-state index is 14.8. The van der Waals surface area contributed by atoms with Crippen LogP contribution in [0.3, 0.4) is 0 Å². The average Bonchev–Trinajstić information content (AvgIpc) is 2.94. The van der Waals surface area contributed by atoms with Crippen LogP contribution in [0.15, 0.2) is 12.2 Å². The summed E-state index contributed by atoms with van der Waals surface area (Å²) in [6.07, 6.45) is -7.81. The average molecular weight is 866 g/mol. The zero-order valence-electron chi connectivity index (χ0n) is 23.2. The Labute approximate surface area is 266 Å². The van der Waals surface area contributed by atoms with Crippen LogP contribution in [0, 0.1) is 0 Å². The Morgan fingerprint density at radius 1 is 0.396 bits per heavy atom. The highest BCUT2D eigenvalue weighted by Gasteiger charge is 3.09. The Kier molecular flexibility index (Phi) is 10.3. The van der Waals surface area contributed by atoms with E-state index in [2.05, 4.69) is 11.3 Å². The molecule has 0 aromatic rings. The van der Waals surface area contributed by atoms with E-state index in [4.69, 9.17) is 0 Å². The number of hydrogen-bond acceptors (Lipinski definition) is 2. The molecule has 314 valence electrons. The van der Waals surface area contributed by atoms with Gasteiger partial charge in [-0.2, -0.15) is 132 Å². The minimum Gasteiger partial charge on any atom is -0.393 e. The topological polar surface area (TPSA) is 26.3 Å². The summed E-state index contributed by atoms with van der Waals surface area (Å²) < 4.78 is 433. The molecule has 1 rings (SSSR count). The summed E-state index contributed by atoms with van der Waals surface area (Å²) in [6, 6.07) is 0. The zero-order valence-corrected chi connectivity index (χ0v) is 23.2. The lowest BCUT2D eigenvalue weighted by molar-refractivity contribution is -0.488. The second kappa shape index (κ2) is 11.3. The Bertz CT molecular complexity index is 1430. The number of halogens is 31. The van der Waals surface area contributed by atoms with E-state index in [0.29, 0.717) is 0 Å². The van der Waals surface area contributed by atoms with Gasteiger partial charge in [0.05, 0.1) is 0 Å². The molecule has 0 aromatic heterocycles. The van der Waals surface area contributed by atoms with E-state index in [9.17, 15) is 141 Å².